The van der Waals surface area contributed by atoms with Gasteiger partial charge in [-0.1, -0.05) is 11.2 Å². The predicted octanol–water partition coefficient (Wildman–Crippen LogP) is 3.53. The Kier molecular flexibility index (Phi) is 3.76. The molecule has 0 unspecified atom stereocenters. The van der Waals surface area contributed by atoms with Gasteiger partial charge in [-0.15, -0.1) is 0 Å². The smallest absolute Gasteiger partial charge is 0.300 e. The second-order valence-electron chi connectivity index (χ2n) is 6.12. The average Bonchev–Trinajstić information content (AvgIpc) is 3.25. The monoisotopic (exact) mass is 333 g/mol. The molecule has 1 aromatic carbocycles. The molecule has 1 aliphatic rings. The minimum Gasteiger partial charge on any atom is -0.341 e. The molecule has 3 heterocycles. The van der Waals surface area contributed by atoms with Crippen LogP contribution in [0, 0.1) is 6.92 Å². The molecule has 0 spiro atoms. The summed E-state index contributed by atoms with van der Waals surface area (Å²) in [5.74, 6) is 0.547. The lowest BCUT2D eigenvalue weighted by Crippen LogP contribution is -2.23. The Balaban J connectivity index is 1.56. The molecule has 1 atom stereocenters. The third-order valence-corrected chi connectivity index (χ3v) is 4.35. The van der Waals surface area contributed by atoms with E-state index in [1.165, 1.54) is 5.56 Å². The van der Waals surface area contributed by atoms with E-state index in [0.29, 0.717) is 6.54 Å². The van der Waals surface area contributed by atoms with Crippen molar-refractivity contribution >= 4 is 11.0 Å². The number of likely N-dealkylation sites (tertiary alicyclic amines) is 1. The molecule has 8 heteroatoms. The van der Waals surface area contributed by atoms with E-state index in [-0.39, 0.29) is 11.9 Å². The van der Waals surface area contributed by atoms with Crippen LogP contribution < -0.4 is 0 Å². The zero-order valence-corrected chi connectivity index (χ0v) is 13.2. The minimum atomic E-state index is -2.71. The zero-order valence-electron chi connectivity index (χ0n) is 13.2. The molecule has 0 saturated carbocycles. The molecule has 1 saturated heterocycles. The van der Waals surface area contributed by atoms with Crippen molar-refractivity contribution in [2.24, 2.45) is 0 Å². The van der Waals surface area contributed by atoms with Crippen LogP contribution in [0.4, 0.5) is 8.78 Å². The predicted molar refractivity (Wildman–Crippen MR) is 82.5 cm³/mol. The summed E-state index contributed by atoms with van der Waals surface area (Å²) in [6, 6.07) is 6.19. The Bertz CT molecular complexity index is 859. The second kappa shape index (κ2) is 5.94. The van der Waals surface area contributed by atoms with Crippen molar-refractivity contribution in [3.63, 3.8) is 0 Å². The standard InChI is InChI=1S/C16H17F2N5O/c1-9-4-5-10-11(7-9)20-15(19-10)12-3-2-6-23(12)8-13-21-16(14(17)18)22-24-13/h4-5,7,12,14H,2-3,6,8H2,1H3,(H,19,20)/t12-/m0/s1. The fraction of sp³-hybridized carbons (Fsp3) is 0.438. The number of hydrogen-bond donors (Lipinski definition) is 1. The van der Waals surface area contributed by atoms with Gasteiger partial charge < -0.3 is 9.51 Å². The van der Waals surface area contributed by atoms with Crippen molar-refractivity contribution in [3.8, 4) is 0 Å². The lowest BCUT2D eigenvalue weighted by atomic mass is 10.2. The molecule has 126 valence electrons. The number of H-pyrrole nitrogens is 1. The molecule has 2 aromatic heterocycles. The summed E-state index contributed by atoms with van der Waals surface area (Å²) in [7, 11) is 0. The largest absolute Gasteiger partial charge is 0.341 e. The van der Waals surface area contributed by atoms with Crippen molar-refractivity contribution in [2.75, 3.05) is 6.54 Å². The van der Waals surface area contributed by atoms with Crippen LogP contribution in [-0.2, 0) is 6.54 Å². The maximum atomic E-state index is 12.6. The molecule has 3 aromatic rings. The van der Waals surface area contributed by atoms with Crippen molar-refractivity contribution in [1.29, 1.82) is 0 Å². The highest BCUT2D eigenvalue weighted by Crippen LogP contribution is 2.32. The molecule has 0 radical (unpaired) electrons. The molecule has 1 fully saturated rings. The molecular formula is C16H17F2N5O. The first-order valence-corrected chi connectivity index (χ1v) is 7.91. The Hall–Kier alpha value is -2.35. The lowest BCUT2D eigenvalue weighted by Gasteiger charge is -2.20. The van der Waals surface area contributed by atoms with E-state index < -0.39 is 12.2 Å². The van der Waals surface area contributed by atoms with Crippen molar-refractivity contribution in [1.82, 2.24) is 25.0 Å². The van der Waals surface area contributed by atoms with E-state index in [4.69, 9.17) is 4.52 Å². The second-order valence-corrected chi connectivity index (χ2v) is 6.12. The number of halogens is 2. The summed E-state index contributed by atoms with van der Waals surface area (Å²) in [5.41, 5.74) is 3.11. The number of hydrogen-bond acceptors (Lipinski definition) is 5. The van der Waals surface area contributed by atoms with Gasteiger partial charge in [0, 0.05) is 0 Å². The van der Waals surface area contributed by atoms with Gasteiger partial charge in [0.2, 0.25) is 11.7 Å². The van der Waals surface area contributed by atoms with Gasteiger partial charge in [-0.05, 0) is 44.0 Å². The highest BCUT2D eigenvalue weighted by atomic mass is 19.3. The molecule has 4 rings (SSSR count). The number of aryl methyl sites for hydroxylation is 1. The number of nitrogens with one attached hydrogen (secondary N) is 1. The van der Waals surface area contributed by atoms with Gasteiger partial charge in [0.25, 0.3) is 0 Å². The quantitative estimate of drug-likeness (QED) is 0.791. The van der Waals surface area contributed by atoms with Crippen LogP contribution in [0.5, 0.6) is 0 Å². The SMILES string of the molecule is Cc1ccc2nc([C@@H]3CCCN3Cc3nc(C(F)F)no3)[nH]c2c1. The van der Waals surface area contributed by atoms with Gasteiger partial charge in [-0.2, -0.15) is 4.98 Å². The first kappa shape index (κ1) is 15.2. The van der Waals surface area contributed by atoms with Crippen LogP contribution >= 0.6 is 0 Å². The highest BCUT2D eigenvalue weighted by molar-refractivity contribution is 5.75. The fourth-order valence-electron chi connectivity index (χ4n) is 3.22. The third-order valence-electron chi connectivity index (χ3n) is 4.35. The van der Waals surface area contributed by atoms with Gasteiger partial charge in [-0.3, -0.25) is 4.90 Å². The number of fused-ring (bicyclic) bond motifs is 1. The van der Waals surface area contributed by atoms with E-state index >= 15 is 0 Å². The normalized spacial score (nSPS) is 18.9. The Morgan fingerprint density at radius 1 is 1.38 bits per heavy atom. The molecule has 0 aliphatic carbocycles. The summed E-state index contributed by atoms with van der Waals surface area (Å²) >= 11 is 0. The van der Waals surface area contributed by atoms with E-state index in [9.17, 15) is 8.78 Å². The van der Waals surface area contributed by atoms with E-state index in [1.807, 2.05) is 19.1 Å². The molecule has 1 N–H and O–H groups in total. The van der Waals surface area contributed by atoms with Crippen LogP contribution in [0.25, 0.3) is 11.0 Å². The molecule has 6 nitrogen and oxygen atoms in total. The minimum absolute atomic E-state index is 0.0969. The van der Waals surface area contributed by atoms with Crippen LogP contribution in [0.3, 0.4) is 0 Å². The Morgan fingerprint density at radius 2 is 2.25 bits per heavy atom. The average molecular weight is 333 g/mol. The van der Waals surface area contributed by atoms with Crippen molar-refractivity contribution in [2.45, 2.75) is 38.8 Å². The summed E-state index contributed by atoms with van der Waals surface area (Å²) in [6.07, 6.45) is -0.749. The van der Waals surface area contributed by atoms with Crippen LogP contribution in [-0.4, -0.2) is 31.6 Å². The van der Waals surface area contributed by atoms with Gasteiger partial charge >= 0.3 is 6.43 Å². The first-order valence-electron chi connectivity index (χ1n) is 7.91. The third kappa shape index (κ3) is 2.77. The fourth-order valence-corrected chi connectivity index (χ4v) is 3.22. The summed E-state index contributed by atoms with van der Waals surface area (Å²) in [6.45, 7) is 3.23. The van der Waals surface area contributed by atoms with Gasteiger partial charge in [0.15, 0.2) is 0 Å². The van der Waals surface area contributed by atoms with E-state index in [2.05, 4.69) is 31.1 Å². The Morgan fingerprint density at radius 3 is 3.04 bits per heavy atom. The summed E-state index contributed by atoms with van der Waals surface area (Å²) in [4.78, 5) is 13.9. The number of aromatic nitrogens is 4. The molecule has 24 heavy (non-hydrogen) atoms. The number of benzene rings is 1. The molecule has 0 amide bonds. The number of rotatable bonds is 4. The molecular weight excluding hydrogens is 316 g/mol. The van der Waals surface area contributed by atoms with Crippen LogP contribution in [0.2, 0.25) is 0 Å². The number of aromatic amines is 1. The van der Waals surface area contributed by atoms with E-state index in [0.717, 1.165) is 36.2 Å². The van der Waals surface area contributed by atoms with Crippen molar-refractivity contribution in [3.05, 3.63) is 41.3 Å². The topological polar surface area (TPSA) is 70.8 Å². The first-order chi connectivity index (χ1) is 11.6. The van der Waals surface area contributed by atoms with Crippen molar-refractivity contribution < 1.29 is 13.3 Å². The number of alkyl halides is 2. The summed E-state index contributed by atoms with van der Waals surface area (Å²) < 4.78 is 30.1. The maximum Gasteiger partial charge on any atom is 0.300 e. The lowest BCUT2D eigenvalue weighted by molar-refractivity contribution is 0.136. The van der Waals surface area contributed by atoms with Crippen LogP contribution in [0.1, 0.15) is 48.4 Å². The highest BCUT2D eigenvalue weighted by Gasteiger charge is 2.30. The van der Waals surface area contributed by atoms with E-state index in [1.54, 1.807) is 0 Å². The maximum absolute atomic E-state index is 12.6. The summed E-state index contributed by atoms with van der Waals surface area (Å²) in [5, 5.41) is 3.31. The number of nitrogens with zero attached hydrogens (tertiary/aromatic N) is 4. The number of imidazole rings is 1. The van der Waals surface area contributed by atoms with Gasteiger partial charge in [0.1, 0.15) is 5.82 Å². The zero-order chi connectivity index (χ0) is 16.7. The molecule has 0 bridgehead atoms. The van der Waals surface area contributed by atoms with Crippen LogP contribution in [0.15, 0.2) is 22.7 Å². The Labute approximate surface area is 136 Å². The van der Waals surface area contributed by atoms with Gasteiger partial charge in [0.05, 0.1) is 23.6 Å². The molecule has 1 aliphatic heterocycles. The van der Waals surface area contributed by atoms with Gasteiger partial charge in [-0.25, -0.2) is 13.8 Å².